The first-order chi connectivity index (χ1) is 13.7. The van der Waals surface area contributed by atoms with Gasteiger partial charge in [0.25, 0.3) is 5.91 Å². The second-order valence-corrected chi connectivity index (χ2v) is 8.82. The lowest BCUT2D eigenvalue weighted by Crippen LogP contribution is -2.59. The summed E-state index contributed by atoms with van der Waals surface area (Å²) in [6, 6.07) is 2.37. The third-order valence-electron chi connectivity index (χ3n) is 6.56. The Morgan fingerprint density at radius 3 is 2.93 bits per heavy atom. The average Bonchev–Trinajstić information content (AvgIpc) is 3.26. The molecule has 150 valence electrons. The van der Waals surface area contributed by atoms with Gasteiger partial charge in [0.05, 0.1) is 18.2 Å². The van der Waals surface area contributed by atoms with Crippen molar-refractivity contribution >= 4 is 21.8 Å². The smallest absolute Gasteiger partial charge is 0.253 e. The van der Waals surface area contributed by atoms with Gasteiger partial charge in [-0.15, -0.1) is 0 Å². The third-order valence-corrected chi connectivity index (χ3v) is 7.19. The zero-order valence-corrected chi connectivity index (χ0v) is 18.0. The van der Waals surface area contributed by atoms with Crippen molar-refractivity contribution in [3.8, 4) is 0 Å². The molecule has 0 radical (unpaired) electrons. The molecule has 3 heterocycles. The number of carbonyl (C=O) groups is 1. The predicted molar refractivity (Wildman–Crippen MR) is 113 cm³/mol. The van der Waals surface area contributed by atoms with Gasteiger partial charge in [0.15, 0.2) is 0 Å². The van der Waals surface area contributed by atoms with Crippen molar-refractivity contribution in [3.63, 3.8) is 0 Å². The van der Waals surface area contributed by atoms with Crippen LogP contribution in [0, 0.1) is 0 Å². The number of nitrogens with zero attached hydrogens (tertiary/aromatic N) is 2. The maximum Gasteiger partial charge on any atom is 0.253 e. The highest BCUT2D eigenvalue weighted by atomic mass is 79.9. The van der Waals surface area contributed by atoms with Crippen LogP contribution in [-0.4, -0.2) is 53.7 Å². The second kappa shape index (κ2) is 8.47. The highest BCUT2D eigenvalue weighted by molar-refractivity contribution is 9.10. The molecule has 0 aromatic carbocycles. The Labute approximate surface area is 175 Å². The van der Waals surface area contributed by atoms with Crippen LogP contribution in [0.4, 0.5) is 0 Å². The molecule has 5 nitrogen and oxygen atoms in total. The summed E-state index contributed by atoms with van der Waals surface area (Å²) in [7, 11) is 1.76. The maximum atomic E-state index is 13.2. The molecular weight excluding hydrogens is 418 g/mol. The number of ether oxygens (including phenoxy) is 1. The molecular formula is C22H28BrN3O2. The largest absolute Gasteiger partial charge is 0.383 e. The number of nitrogens with one attached hydrogen (secondary N) is 1. The van der Waals surface area contributed by atoms with E-state index in [2.05, 4.69) is 49.4 Å². The van der Waals surface area contributed by atoms with Gasteiger partial charge in [-0.2, -0.15) is 0 Å². The summed E-state index contributed by atoms with van der Waals surface area (Å²) in [5, 5.41) is 3.41. The SMILES string of the molecule is COCCN1C2CCC1(C(NC(=O)c1ccncc1Br)C1=CCCC=C1)CC2. The second-order valence-electron chi connectivity index (χ2n) is 7.97. The Morgan fingerprint density at radius 1 is 1.43 bits per heavy atom. The lowest BCUT2D eigenvalue weighted by atomic mass is 9.77. The molecule has 1 atom stereocenters. The number of halogens is 1. The fourth-order valence-corrected chi connectivity index (χ4v) is 5.69. The predicted octanol–water partition coefficient (Wildman–Crippen LogP) is 3.86. The van der Waals surface area contributed by atoms with Gasteiger partial charge in [0.2, 0.25) is 0 Å². The van der Waals surface area contributed by atoms with Crippen LogP contribution in [0.3, 0.4) is 0 Å². The Bertz CT molecular complexity index is 784. The highest BCUT2D eigenvalue weighted by Crippen LogP contribution is 2.50. The quantitative estimate of drug-likeness (QED) is 0.691. The third kappa shape index (κ3) is 3.58. The van der Waals surface area contributed by atoms with Gasteiger partial charge < -0.3 is 10.1 Å². The van der Waals surface area contributed by atoms with Crippen molar-refractivity contribution < 1.29 is 9.53 Å². The van der Waals surface area contributed by atoms with E-state index >= 15 is 0 Å². The van der Waals surface area contributed by atoms with Crippen molar-refractivity contribution in [3.05, 3.63) is 52.3 Å². The number of carbonyl (C=O) groups excluding carboxylic acids is 1. The number of hydrogen-bond donors (Lipinski definition) is 1. The molecule has 2 fully saturated rings. The van der Waals surface area contributed by atoms with Crippen molar-refractivity contribution in [1.82, 2.24) is 15.2 Å². The van der Waals surface area contributed by atoms with Crippen LogP contribution >= 0.6 is 15.9 Å². The zero-order valence-electron chi connectivity index (χ0n) is 16.4. The average molecular weight is 446 g/mol. The van der Waals surface area contributed by atoms with Crippen LogP contribution in [0.15, 0.2) is 46.7 Å². The summed E-state index contributed by atoms with van der Waals surface area (Å²) in [4.78, 5) is 19.9. The number of pyridine rings is 1. The summed E-state index contributed by atoms with van der Waals surface area (Å²) in [6.45, 7) is 1.65. The Kier molecular flexibility index (Phi) is 5.99. The van der Waals surface area contributed by atoms with Gasteiger partial charge in [-0.25, -0.2) is 0 Å². The molecule has 2 aliphatic heterocycles. The molecule has 2 saturated heterocycles. The summed E-state index contributed by atoms with van der Waals surface area (Å²) >= 11 is 3.47. The molecule has 6 heteroatoms. The minimum absolute atomic E-state index is 0.0130. The van der Waals surface area contributed by atoms with E-state index < -0.39 is 0 Å². The number of allylic oxidation sites excluding steroid dienone is 2. The number of amides is 1. The van der Waals surface area contributed by atoms with E-state index in [0.29, 0.717) is 11.6 Å². The Hall–Kier alpha value is -1.50. The number of hydrogen-bond acceptors (Lipinski definition) is 4. The van der Waals surface area contributed by atoms with Crippen LogP contribution in [0.5, 0.6) is 0 Å². The van der Waals surface area contributed by atoms with Crippen LogP contribution in [0.2, 0.25) is 0 Å². The molecule has 1 N–H and O–H groups in total. The molecule has 4 rings (SSSR count). The molecule has 1 unspecified atom stereocenters. The van der Waals surface area contributed by atoms with E-state index in [1.165, 1.54) is 18.4 Å². The van der Waals surface area contributed by atoms with Crippen LogP contribution in [0.1, 0.15) is 48.9 Å². The number of fused-ring (bicyclic) bond motifs is 2. The number of rotatable bonds is 7. The van der Waals surface area contributed by atoms with E-state index in [1.54, 1.807) is 25.6 Å². The highest BCUT2D eigenvalue weighted by Gasteiger charge is 2.56. The molecule has 1 aromatic heterocycles. The molecule has 0 saturated carbocycles. The number of methoxy groups -OCH3 is 1. The van der Waals surface area contributed by atoms with Crippen molar-refractivity contribution in [2.45, 2.75) is 56.1 Å². The van der Waals surface area contributed by atoms with E-state index in [1.807, 2.05) is 0 Å². The van der Waals surface area contributed by atoms with Gasteiger partial charge in [0, 0.05) is 42.1 Å². The normalized spacial score (nSPS) is 27.6. The molecule has 1 amide bonds. The van der Waals surface area contributed by atoms with Crippen molar-refractivity contribution in [2.24, 2.45) is 0 Å². The minimum atomic E-state index is -0.0458. The van der Waals surface area contributed by atoms with E-state index in [4.69, 9.17) is 4.74 Å². The van der Waals surface area contributed by atoms with Crippen LogP contribution < -0.4 is 5.32 Å². The first-order valence-corrected chi connectivity index (χ1v) is 11.0. The fourth-order valence-electron chi connectivity index (χ4n) is 5.26. The van der Waals surface area contributed by atoms with Crippen molar-refractivity contribution in [1.29, 1.82) is 0 Å². The molecule has 28 heavy (non-hydrogen) atoms. The van der Waals surface area contributed by atoms with Gasteiger partial charge in [-0.05, 0) is 66.1 Å². The zero-order chi connectivity index (χ0) is 19.6. The first kappa shape index (κ1) is 19.8. The summed E-state index contributed by atoms with van der Waals surface area (Å²) in [5.74, 6) is -0.0458. The lowest BCUT2D eigenvalue weighted by molar-refractivity contribution is 0.0713. The summed E-state index contributed by atoms with van der Waals surface area (Å²) in [6.07, 6.45) is 16.8. The summed E-state index contributed by atoms with van der Waals surface area (Å²) in [5.41, 5.74) is 1.86. The van der Waals surface area contributed by atoms with E-state index in [-0.39, 0.29) is 17.5 Å². The fraction of sp³-hybridized carbons (Fsp3) is 0.545. The lowest BCUT2D eigenvalue weighted by Gasteiger charge is -2.43. The van der Waals surface area contributed by atoms with Crippen LogP contribution in [0.25, 0.3) is 0 Å². The monoisotopic (exact) mass is 445 g/mol. The van der Waals surface area contributed by atoms with Gasteiger partial charge >= 0.3 is 0 Å². The summed E-state index contributed by atoms with van der Waals surface area (Å²) < 4.78 is 6.12. The maximum absolute atomic E-state index is 13.2. The van der Waals surface area contributed by atoms with Crippen molar-refractivity contribution in [2.75, 3.05) is 20.3 Å². The molecule has 2 bridgehead atoms. The minimum Gasteiger partial charge on any atom is -0.383 e. The Balaban J connectivity index is 1.66. The number of aromatic nitrogens is 1. The molecule has 3 aliphatic rings. The first-order valence-electron chi connectivity index (χ1n) is 10.2. The van der Waals surface area contributed by atoms with Gasteiger partial charge in [-0.1, -0.05) is 18.2 Å². The standard InChI is InChI=1S/C22H28BrN3O2/c1-28-14-13-26-17-7-10-22(26,11-8-17)20(16-5-3-2-4-6-16)25-21(27)18-9-12-24-15-19(18)23/h3,5-6,9,12,15,17,20H,2,4,7-8,10-11,13-14H2,1H3,(H,25,27). The van der Waals surface area contributed by atoms with E-state index in [0.717, 1.165) is 43.3 Å². The van der Waals surface area contributed by atoms with Gasteiger partial charge in [0.1, 0.15) is 0 Å². The Morgan fingerprint density at radius 2 is 2.25 bits per heavy atom. The van der Waals surface area contributed by atoms with E-state index in [9.17, 15) is 4.79 Å². The van der Waals surface area contributed by atoms with Crippen LogP contribution in [-0.2, 0) is 4.74 Å². The van der Waals surface area contributed by atoms with Gasteiger partial charge in [-0.3, -0.25) is 14.7 Å². The molecule has 0 spiro atoms. The molecule has 1 aliphatic carbocycles. The topological polar surface area (TPSA) is 54.5 Å². The molecule has 1 aromatic rings.